The largest absolute Gasteiger partial charge is 1.00 e. The molecule has 0 saturated heterocycles. The summed E-state index contributed by atoms with van der Waals surface area (Å²) in [5.74, 6) is 0. The Bertz CT molecular complexity index is 374. The molecule has 0 spiro atoms. The molecule has 0 aromatic heterocycles. The number of aryl methyl sites for hydroxylation is 1. The third-order valence-corrected chi connectivity index (χ3v) is 3.14. The average molecular weight is 284 g/mol. The maximum atomic E-state index is 11.1. The van der Waals surface area contributed by atoms with Gasteiger partial charge in [-0.25, -0.2) is 8.42 Å². The van der Waals surface area contributed by atoms with Crippen LogP contribution in [0.4, 0.5) is 0 Å². The number of benzene rings is 1. The van der Waals surface area contributed by atoms with Crippen LogP contribution >= 0.6 is 11.8 Å². The van der Waals surface area contributed by atoms with Gasteiger partial charge in [0.05, 0.1) is 4.90 Å². The molecule has 0 saturated carbocycles. The molecule has 0 fully saturated rings. The van der Waals surface area contributed by atoms with Crippen molar-refractivity contribution < 1.29 is 55.8 Å². The van der Waals surface area contributed by atoms with Crippen molar-refractivity contribution in [1.82, 2.24) is 4.24 Å². The third-order valence-electron chi connectivity index (χ3n) is 1.43. The monoisotopic (exact) mass is 283 g/mol. The normalized spacial score (nSPS) is 8.62. The molecule has 0 unspecified atom stereocenters. The summed E-state index contributed by atoms with van der Waals surface area (Å²) < 4.78 is 23.9. The summed E-state index contributed by atoms with van der Waals surface area (Å²) in [6, 6.07) is 6.42. The van der Waals surface area contributed by atoms with Gasteiger partial charge in [0.1, 0.15) is 0 Å². The van der Waals surface area contributed by atoms with Gasteiger partial charge in [0.2, 0.25) is 0 Å². The molecule has 0 aliphatic carbocycles. The molecule has 0 bridgehead atoms. The van der Waals surface area contributed by atoms with Gasteiger partial charge >= 0.3 is 29.6 Å². The number of rotatable bonds is 2. The summed E-state index contributed by atoms with van der Waals surface area (Å²) >= 11 is 5.03. The zero-order valence-corrected chi connectivity index (χ0v) is 12.5. The Morgan fingerprint density at radius 3 is 1.81 bits per heavy atom. The Hall–Kier alpha value is 0.300. The number of hydrogen-bond acceptors (Lipinski definition) is 2. The summed E-state index contributed by atoms with van der Waals surface area (Å²) in [7, 11) is -3.50. The van der Waals surface area contributed by atoms with Crippen LogP contribution < -0.4 is 33.8 Å². The predicted molar refractivity (Wildman–Crippen MR) is 59.3 cm³/mol. The van der Waals surface area contributed by atoms with Crippen molar-refractivity contribution in [2.45, 2.75) is 11.8 Å². The van der Waals surface area contributed by atoms with Crippen LogP contribution in [0.1, 0.15) is 6.99 Å². The minimum Gasteiger partial charge on any atom is -1.00 e. The maximum absolute atomic E-state index is 11.1. The fraction of sp³-hybridized carbons (Fsp3) is 0.143. The van der Waals surface area contributed by atoms with E-state index in [1.807, 2.05) is 6.92 Å². The Balaban J connectivity index is -0.0000000960. The number of sulfonamides is 1. The smallest absolute Gasteiger partial charge is 1.00 e. The Morgan fingerprint density at radius 2 is 1.50 bits per heavy atom. The molecule has 0 amide bonds. The van der Waals surface area contributed by atoms with E-state index in [0.29, 0.717) is 0 Å². The molecule has 0 aliphatic heterocycles. The van der Waals surface area contributed by atoms with Gasteiger partial charge in [-0.2, -0.15) is 0 Å². The van der Waals surface area contributed by atoms with Crippen molar-refractivity contribution in [2.75, 3.05) is 0 Å². The van der Waals surface area contributed by atoms with E-state index >= 15 is 0 Å². The predicted octanol–water partition coefficient (Wildman–Crippen LogP) is -3.93. The standard InChI is InChI=1S/C7H8ClNO2S.Na.3H2O.H/c1-6-2-4-7(5-3-6)12(10,11)9-8;;;;;/h2-5,9H,1H3;;3*1H2;/q;+1;;;;-1. The first-order valence-corrected chi connectivity index (χ1v) is 5.11. The van der Waals surface area contributed by atoms with Crippen LogP contribution in [0.2, 0.25) is 0 Å². The molecule has 0 radical (unpaired) electrons. The minimum absolute atomic E-state index is 0. The molecule has 16 heavy (non-hydrogen) atoms. The topological polar surface area (TPSA) is 141 Å². The van der Waals surface area contributed by atoms with Crippen LogP contribution in [0.25, 0.3) is 0 Å². The first-order valence-electron chi connectivity index (χ1n) is 3.25. The van der Waals surface area contributed by atoms with E-state index in [9.17, 15) is 8.42 Å². The van der Waals surface area contributed by atoms with Crippen molar-refractivity contribution in [1.29, 1.82) is 0 Å². The van der Waals surface area contributed by atoms with Gasteiger partial charge in [0.25, 0.3) is 10.0 Å². The van der Waals surface area contributed by atoms with Crippen LogP contribution in [0.5, 0.6) is 0 Å². The molecule has 9 heteroatoms. The van der Waals surface area contributed by atoms with Crippen molar-refractivity contribution in [3.05, 3.63) is 29.8 Å². The second kappa shape index (κ2) is 10.5. The van der Waals surface area contributed by atoms with Gasteiger partial charge in [0, 0.05) is 0 Å². The van der Waals surface area contributed by atoms with Crippen molar-refractivity contribution in [2.24, 2.45) is 0 Å². The molecule has 1 aromatic rings. The molecule has 0 heterocycles. The molecule has 1 aromatic carbocycles. The summed E-state index contributed by atoms with van der Waals surface area (Å²) in [6.45, 7) is 1.88. The van der Waals surface area contributed by atoms with Crippen LogP contribution in [0, 0.1) is 6.92 Å². The fourth-order valence-electron chi connectivity index (χ4n) is 0.762. The Morgan fingerprint density at radius 1 is 1.12 bits per heavy atom. The van der Waals surface area contributed by atoms with Gasteiger partial charge in [-0.1, -0.05) is 17.7 Å². The molecule has 92 valence electrons. The van der Waals surface area contributed by atoms with Crippen LogP contribution in [0.15, 0.2) is 29.2 Å². The van der Waals surface area contributed by atoms with Gasteiger partial charge < -0.3 is 17.9 Å². The van der Waals surface area contributed by atoms with E-state index in [0.717, 1.165) is 5.56 Å². The second-order valence-electron chi connectivity index (χ2n) is 2.39. The number of hydrogen-bond donors (Lipinski definition) is 1. The summed E-state index contributed by atoms with van der Waals surface area (Å²) in [5.41, 5.74) is 1.00. The van der Waals surface area contributed by atoms with E-state index in [4.69, 9.17) is 11.8 Å². The van der Waals surface area contributed by atoms with Crippen molar-refractivity contribution in [3.8, 4) is 0 Å². The van der Waals surface area contributed by atoms with E-state index < -0.39 is 10.0 Å². The summed E-state index contributed by atoms with van der Waals surface area (Å²) in [6.07, 6.45) is 0. The van der Waals surface area contributed by atoms with Gasteiger partial charge in [-0.3, -0.25) is 0 Å². The first-order chi connectivity index (χ1) is 5.56. The zero-order chi connectivity index (χ0) is 9.19. The van der Waals surface area contributed by atoms with Gasteiger partial charge in [-0.05, 0) is 30.8 Å². The van der Waals surface area contributed by atoms with Crippen LogP contribution in [0.3, 0.4) is 0 Å². The molecular formula is C7H15ClNNaO5S. The van der Waals surface area contributed by atoms with E-state index in [-0.39, 0.29) is 52.3 Å². The molecule has 7 N–H and O–H groups in total. The van der Waals surface area contributed by atoms with Gasteiger partial charge in [0.15, 0.2) is 0 Å². The number of nitrogens with one attached hydrogen (secondary N) is 1. The minimum atomic E-state index is -3.50. The van der Waals surface area contributed by atoms with Crippen LogP contribution in [-0.4, -0.2) is 24.8 Å². The first kappa shape index (κ1) is 25.2. The zero-order valence-electron chi connectivity index (χ0n) is 9.91. The maximum Gasteiger partial charge on any atom is 1.00 e. The van der Waals surface area contributed by atoms with E-state index in [1.54, 1.807) is 16.4 Å². The fourth-order valence-corrected chi connectivity index (χ4v) is 1.61. The average Bonchev–Trinajstić information content (AvgIpc) is 2.05. The third kappa shape index (κ3) is 6.79. The second-order valence-corrected chi connectivity index (χ2v) is 4.49. The van der Waals surface area contributed by atoms with E-state index in [1.165, 1.54) is 12.1 Å². The van der Waals surface area contributed by atoms with Gasteiger partial charge in [-0.15, -0.1) is 4.24 Å². The molecule has 0 atom stereocenters. The summed E-state index contributed by atoms with van der Waals surface area (Å²) in [5, 5.41) is 0. The van der Waals surface area contributed by atoms with Crippen molar-refractivity contribution >= 4 is 21.8 Å². The van der Waals surface area contributed by atoms with Crippen LogP contribution in [-0.2, 0) is 10.0 Å². The summed E-state index contributed by atoms with van der Waals surface area (Å²) in [4.78, 5) is 0.170. The molecule has 1 rings (SSSR count). The van der Waals surface area contributed by atoms with E-state index in [2.05, 4.69) is 0 Å². The Kier molecular flexibility index (Phi) is 16.5. The molecule has 0 aliphatic rings. The van der Waals surface area contributed by atoms with Crippen molar-refractivity contribution in [3.63, 3.8) is 0 Å². The number of halogens is 1. The SMILES string of the molecule is Cc1ccc(S(=O)(=O)NCl)cc1.O.O.O.[H-].[Na+]. The Labute approximate surface area is 123 Å². The quantitative estimate of drug-likeness (QED) is 0.437. The molecule has 6 nitrogen and oxygen atoms in total. The molecular weight excluding hydrogens is 269 g/mol.